The molecular weight excluding hydrogens is 368 g/mol. The SMILES string of the molecule is CCCCCCCC/C=C\CCCCCCCC(=O)[N+](CC)(CC)C(C)N.[Cl-]. The summed E-state index contributed by atoms with van der Waals surface area (Å²) in [7, 11) is 0. The average Bonchev–Trinajstić information content (AvgIpc) is 2.66. The molecule has 0 radical (unpaired) electrons. The first-order chi connectivity index (χ1) is 13.0. The van der Waals surface area contributed by atoms with Crippen molar-refractivity contribution in [2.24, 2.45) is 5.73 Å². The molecule has 2 N–H and O–H groups in total. The maximum Gasteiger partial charge on any atom is 0.314 e. The van der Waals surface area contributed by atoms with Gasteiger partial charge in [0.2, 0.25) is 0 Å². The number of carbonyl (C=O) groups is 1. The summed E-state index contributed by atoms with van der Waals surface area (Å²) in [5, 5.41) is 0. The van der Waals surface area contributed by atoms with E-state index in [0.717, 1.165) is 19.5 Å². The molecule has 0 heterocycles. The van der Waals surface area contributed by atoms with Gasteiger partial charge < -0.3 is 12.4 Å². The monoisotopic (exact) mass is 416 g/mol. The number of hydrogen-bond donors (Lipinski definition) is 1. The first-order valence-electron chi connectivity index (χ1n) is 11.9. The molecule has 0 aliphatic rings. The summed E-state index contributed by atoms with van der Waals surface area (Å²) in [6.45, 7) is 9.99. The third-order valence-electron chi connectivity index (χ3n) is 6.06. The highest BCUT2D eigenvalue weighted by Crippen LogP contribution is 2.16. The predicted octanol–water partition coefficient (Wildman–Crippen LogP) is 3.72. The van der Waals surface area contributed by atoms with Gasteiger partial charge in [-0.3, -0.25) is 5.73 Å². The van der Waals surface area contributed by atoms with E-state index < -0.39 is 0 Å². The van der Waals surface area contributed by atoms with Gasteiger partial charge in [0, 0.05) is 6.92 Å². The molecule has 0 aromatic rings. The Labute approximate surface area is 182 Å². The number of amides is 1. The van der Waals surface area contributed by atoms with Crippen LogP contribution in [0.15, 0.2) is 12.2 Å². The van der Waals surface area contributed by atoms with E-state index in [-0.39, 0.29) is 18.6 Å². The van der Waals surface area contributed by atoms with E-state index >= 15 is 0 Å². The minimum atomic E-state index is -0.101. The van der Waals surface area contributed by atoms with Gasteiger partial charge in [0.05, 0.1) is 19.5 Å². The average molecular weight is 417 g/mol. The number of halogens is 1. The number of unbranched alkanes of at least 4 members (excludes halogenated alkanes) is 11. The molecule has 0 saturated heterocycles. The molecule has 0 rings (SSSR count). The van der Waals surface area contributed by atoms with E-state index in [1.807, 2.05) is 6.92 Å². The predicted molar refractivity (Wildman–Crippen MR) is 119 cm³/mol. The Morgan fingerprint density at radius 1 is 0.786 bits per heavy atom. The van der Waals surface area contributed by atoms with Crippen LogP contribution >= 0.6 is 0 Å². The Bertz CT molecular complexity index is 379. The lowest BCUT2D eigenvalue weighted by Crippen LogP contribution is -3.00. The third-order valence-corrected chi connectivity index (χ3v) is 6.06. The quantitative estimate of drug-likeness (QED) is 0.160. The Balaban J connectivity index is 0. The molecule has 0 aliphatic heterocycles. The maximum absolute atomic E-state index is 12.6. The molecule has 28 heavy (non-hydrogen) atoms. The third kappa shape index (κ3) is 13.0. The molecule has 1 unspecified atom stereocenters. The van der Waals surface area contributed by atoms with E-state index in [0.29, 0.717) is 16.8 Å². The standard InChI is InChI=1S/C24H49N2O.ClH/c1-5-8-9-10-11-12-13-14-15-16-17-18-19-20-21-22-24(27)26(6-2,7-3)23(4)25;/h14-15,23H,5-13,16-22,25H2,1-4H3;1H/q+1;/p-1/b15-14-;. The van der Waals surface area contributed by atoms with Gasteiger partial charge in [0.25, 0.3) is 0 Å². The highest BCUT2D eigenvalue weighted by molar-refractivity contribution is 5.69. The number of carbonyl (C=O) groups excluding carboxylic acids is 1. The molecule has 3 nitrogen and oxygen atoms in total. The summed E-state index contributed by atoms with van der Waals surface area (Å²) in [6.07, 6.45) is 22.1. The van der Waals surface area contributed by atoms with E-state index in [1.165, 1.54) is 77.0 Å². The second kappa shape index (κ2) is 19.9. The molecule has 1 atom stereocenters. The lowest BCUT2D eigenvalue weighted by Gasteiger charge is -2.37. The lowest BCUT2D eigenvalue weighted by atomic mass is 10.1. The van der Waals surface area contributed by atoms with Crippen LogP contribution in [-0.2, 0) is 4.79 Å². The summed E-state index contributed by atoms with van der Waals surface area (Å²) in [6, 6.07) is 0. The van der Waals surface area contributed by atoms with E-state index in [9.17, 15) is 4.79 Å². The van der Waals surface area contributed by atoms with Crippen LogP contribution in [0.1, 0.15) is 118 Å². The van der Waals surface area contributed by atoms with Gasteiger partial charge in [-0.2, -0.15) is 0 Å². The number of rotatable bonds is 18. The van der Waals surface area contributed by atoms with Gasteiger partial charge in [-0.25, -0.2) is 9.28 Å². The van der Waals surface area contributed by atoms with Crippen LogP contribution in [0.3, 0.4) is 0 Å². The van der Waals surface area contributed by atoms with E-state index in [4.69, 9.17) is 5.73 Å². The number of hydrogen-bond acceptors (Lipinski definition) is 2. The molecule has 1 amide bonds. The van der Waals surface area contributed by atoms with Gasteiger partial charge in [-0.05, 0) is 46.0 Å². The summed E-state index contributed by atoms with van der Waals surface area (Å²) >= 11 is 0. The Morgan fingerprint density at radius 3 is 1.64 bits per heavy atom. The largest absolute Gasteiger partial charge is 1.00 e. The zero-order chi connectivity index (χ0) is 20.4. The maximum atomic E-state index is 12.6. The van der Waals surface area contributed by atoms with Crippen molar-refractivity contribution in [3.63, 3.8) is 0 Å². The number of nitrogens with zero attached hydrogens (tertiary/aromatic N) is 1. The van der Waals surface area contributed by atoms with Crippen molar-refractivity contribution in [3.8, 4) is 0 Å². The normalized spacial score (nSPS) is 12.9. The van der Waals surface area contributed by atoms with Gasteiger partial charge >= 0.3 is 5.91 Å². The second-order valence-electron chi connectivity index (χ2n) is 8.14. The highest BCUT2D eigenvalue weighted by Gasteiger charge is 2.35. The summed E-state index contributed by atoms with van der Waals surface area (Å²) in [5.41, 5.74) is 6.09. The van der Waals surface area contributed by atoms with Crippen molar-refractivity contribution in [3.05, 3.63) is 12.2 Å². The number of nitrogens with two attached hydrogens (primary N) is 1. The topological polar surface area (TPSA) is 43.1 Å². The minimum absolute atomic E-state index is 0. The van der Waals surface area contributed by atoms with Crippen molar-refractivity contribution in [2.75, 3.05) is 13.1 Å². The lowest BCUT2D eigenvalue weighted by molar-refractivity contribution is -0.874. The van der Waals surface area contributed by atoms with Gasteiger partial charge in [-0.1, -0.05) is 70.4 Å². The molecule has 0 bridgehead atoms. The van der Waals surface area contributed by atoms with Crippen LogP contribution < -0.4 is 18.1 Å². The van der Waals surface area contributed by atoms with E-state index in [2.05, 4.69) is 32.9 Å². The second-order valence-corrected chi connectivity index (χ2v) is 8.14. The van der Waals surface area contributed by atoms with Crippen molar-refractivity contribution in [1.29, 1.82) is 0 Å². The molecule has 0 aromatic heterocycles. The smallest absolute Gasteiger partial charge is 0.314 e. The van der Waals surface area contributed by atoms with Gasteiger partial charge in [0.1, 0.15) is 6.17 Å². The zero-order valence-electron chi connectivity index (χ0n) is 19.4. The molecule has 4 heteroatoms. The summed E-state index contributed by atoms with van der Waals surface area (Å²) in [5.74, 6) is 0.327. The molecule has 168 valence electrons. The fourth-order valence-electron chi connectivity index (χ4n) is 3.95. The van der Waals surface area contributed by atoms with Crippen LogP contribution in [-0.4, -0.2) is 29.6 Å². The van der Waals surface area contributed by atoms with Crippen LogP contribution in [0.4, 0.5) is 0 Å². The van der Waals surface area contributed by atoms with Crippen LogP contribution in [0.5, 0.6) is 0 Å². The molecule has 0 saturated carbocycles. The number of quaternary nitrogens is 1. The Kier molecular flexibility index (Phi) is 21.2. The van der Waals surface area contributed by atoms with Crippen LogP contribution in [0.2, 0.25) is 0 Å². The fourth-order valence-corrected chi connectivity index (χ4v) is 3.95. The van der Waals surface area contributed by atoms with Crippen LogP contribution in [0.25, 0.3) is 0 Å². The van der Waals surface area contributed by atoms with Gasteiger partial charge in [0.15, 0.2) is 0 Å². The molecular formula is C24H49ClN2O. The van der Waals surface area contributed by atoms with Crippen molar-refractivity contribution < 1.29 is 21.7 Å². The zero-order valence-corrected chi connectivity index (χ0v) is 20.1. The van der Waals surface area contributed by atoms with Crippen LogP contribution in [0, 0.1) is 0 Å². The summed E-state index contributed by atoms with van der Waals surface area (Å²) < 4.78 is 0.434. The van der Waals surface area contributed by atoms with Crippen molar-refractivity contribution in [1.82, 2.24) is 0 Å². The fraction of sp³-hybridized carbons (Fsp3) is 0.875. The first-order valence-corrected chi connectivity index (χ1v) is 11.9. The van der Waals surface area contributed by atoms with E-state index in [1.54, 1.807) is 0 Å². The highest BCUT2D eigenvalue weighted by atomic mass is 35.5. The first kappa shape index (κ1) is 29.8. The van der Waals surface area contributed by atoms with Crippen molar-refractivity contribution >= 4 is 5.91 Å². The number of allylic oxidation sites excluding steroid dienone is 2. The molecule has 0 fully saturated rings. The minimum Gasteiger partial charge on any atom is -1.00 e. The van der Waals surface area contributed by atoms with Crippen molar-refractivity contribution in [2.45, 2.75) is 124 Å². The summed E-state index contributed by atoms with van der Waals surface area (Å²) in [4.78, 5) is 12.6. The molecule has 0 aromatic carbocycles. The Hall–Kier alpha value is -0.380. The molecule has 0 spiro atoms. The Morgan fingerprint density at radius 2 is 1.21 bits per heavy atom. The molecule has 0 aliphatic carbocycles. The van der Waals surface area contributed by atoms with Gasteiger partial charge in [-0.15, -0.1) is 0 Å².